The third-order valence-corrected chi connectivity index (χ3v) is 2.84. The molecule has 2 aromatic heterocycles. The fraction of sp³-hybridized carbons (Fsp3) is 0.500. The van der Waals surface area contributed by atoms with Gasteiger partial charge in [-0.3, -0.25) is 4.68 Å². The summed E-state index contributed by atoms with van der Waals surface area (Å²) in [6.07, 6.45) is 6.60. The van der Waals surface area contributed by atoms with Gasteiger partial charge in [-0.15, -0.1) is 0 Å². The lowest BCUT2D eigenvalue weighted by Crippen LogP contribution is -2.25. The third-order valence-electron chi connectivity index (χ3n) is 2.84. The molecule has 2 heterocycles. The molecule has 0 bridgehead atoms. The first kappa shape index (κ1) is 11.9. The Morgan fingerprint density at radius 3 is 2.76 bits per heavy atom. The highest BCUT2D eigenvalue weighted by Crippen LogP contribution is 2.16. The minimum atomic E-state index is 0.266. The second kappa shape index (κ2) is 5.14. The molecule has 0 radical (unpaired) electrons. The van der Waals surface area contributed by atoms with E-state index in [9.17, 15) is 0 Å². The highest BCUT2D eigenvalue weighted by molar-refractivity contribution is 5.11. The van der Waals surface area contributed by atoms with Gasteiger partial charge in [0.25, 0.3) is 0 Å². The molecule has 1 N–H and O–H groups in total. The van der Waals surface area contributed by atoms with Crippen molar-refractivity contribution in [3.63, 3.8) is 0 Å². The van der Waals surface area contributed by atoms with Gasteiger partial charge in [0.15, 0.2) is 0 Å². The van der Waals surface area contributed by atoms with E-state index in [4.69, 9.17) is 0 Å². The zero-order valence-corrected chi connectivity index (χ0v) is 10.6. The quantitative estimate of drug-likeness (QED) is 0.839. The van der Waals surface area contributed by atoms with Crippen molar-refractivity contribution in [1.82, 2.24) is 24.6 Å². The van der Waals surface area contributed by atoms with E-state index in [2.05, 4.69) is 33.0 Å². The predicted molar refractivity (Wildman–Crippen MR) is 66.5 cm³/mol. The summed E-state index contributed by atoms with van der Waals surface area (Å²) in [5, 5.41) is 7.89. The Kier molecular flexibility index (Phi) is 3.58. The number of hydrogen-bond donors (Lipinski definition) is 1. The monoisotopic (exact) mass is 233 g/mol. The van der Waals surface area contributed by atoms with E-state index in [1.807, 2.05) is 37.5 Å². The van der Waals surface area contributed by atoms with E-state index in [0.717, 1.165) is 18.7 Å². The van der Waals surface area contributed by atoms with Gasteiger partial charge in [-0.2, -0.15) is 5.10 Å². The van der Waals surface area contributed by atoms with Gasteiger partial charge in [-0.05, 0) is 12.6 Å². The average Bonchev–Trinajstić information content (AvgIpc) is 2.87. The van der Waals surface area contributed by atoms with Crippen LogP contribution in [0.1, 0.15) is 24.4 Å². The molecule has 0 spiro atoms. The number of likely N-dealkylation sites (N-methyl/N-ethyl adjacent to an activating group) is 1. The summed E-state index contributed by atoms with van der Waals surface area (Å²) in [5.74, 6) is 0. The minimum Gasteiger partial charge on any atom is -0.336 e. The number of hydrogen-bond acceptors (Lipinski definition) is 3. The van der Waals surface area contributed by atoms with Crippen LogP contribution < -0.4 is 5.32 Å². The van der Waals surface area contributed by atoms with Crippen LogP contribution >= 0.6 is 0 Å². The van der Waals surface area contributed by atoms with Gasteiger partial charge in [-0.1, -0.05) is 6.92 Å². The molecule has 0 saturated carbocycles. The highest BCUT2D eigenvalue weighted by atomic mass is 15.2. The Labute approximate surface area is 101 Å². The molecule has 0 aliphatic carbocycles. The van der Waals surface area contributed by atoms with E-state index in [1.54, 1.807) is 0 Å². The van der Waals surface area contributed by atoms with E-state index in [0.29, 0.717) is 0 Å². The lowest BCUT2D eigenvalue weighted by Gasteiger charge is -2.17. The Hall–Kier alpha value is -1.62. The summed E-state index contributed by atoms with van der Waals surface area (Å²) in [5.41, 5.74) is 2.29. The summed E-state index contributed by atoms with van der Waals surface area (Å²) in [6.45, 7) is 3.05. The van der Waals surface area contributed by atoms with Gasteiger partial charge in [0.05, 0.1) is 23.8 Å². The lowest BCUT2D eigenvalue weighted by atomic mass is 10.1. The number of rotatable bonds is 5. The molecule has 5 heteroatoms. The van der Waals surface area contributed by atoms with Crippen LogP contribution in [-0.2, 0) is 20.5 Å². The van der Waals surface area contributed by atoms with Gasteiger partial charge in [-0.25, -0.2) is 4.98 Å². The van der Waals surface area contributed by atoms with Gasteiger partial charge in [0, 0.05) is 32.9 Å². The Morgan fingerprint density at radius 2 is 2.24 bits per heavy atom. The van der Waals surface area contributed by atoms with Crippen molar-refractivity contribution in [1.29, 1.82) is 0 Å². The summed E-state index contributed by atoms with van der Waals surface area (Å²) in [4.78, 5) is 4.17. The average molecular weight is 233 g/mol. The maximum atomic E-state index is 4.42. The van der Waals surface area contributed by atoms with Crippen LogP contribution in [0.2, 0.25) is 0 Å². The molecule has 1 atom stereocenters. The third kappa shape index (κ3) is 2.74. The zero-order valence-electron chi connectivity index (χ0n) is 10.6. The van der Waals surface area contributed by atoms with E-state index >= 15 is 0 Å². The molecular formula is C12H19N5. The maximum Gasteiger partial charge on any atom is 0.0946 e. The number of nitrogens with zero attached hydrogens (tertiary/aromatic N) is 4. The van der Waals surface area contributed by atoms with Gasteiger partial charge < -0.3 is 9.88 Å². The molecule has 2 rings (SSSR count). The van der Waals surface area contributed by atoms with Crippen molar-refractivity contribution in [2.45, 2.75) is 19.4 Å². The molecule has 0 amide bonds. The second-order valence-electron chi connectivity index (χ2n) is 4.22. The van der Waals surface area contributed by atoms with Crippen molar-refractivity contribution in [2.24, 2.45) is 14.1 Å². The normalized spacial score (nSPS) is 12.9. The van der Waals surface area contributed by atoms with Crippen molar-refractivity contribution < 1.29 is 0 Å². The van der Waals surface area contributed by atoms with Crippen LogP contribution in [0.5, 0.6) is 0 Å². The first-order valence-corrected chi connectivity index (χ1v) is 5.88. The van der Waals surface area contributed by atoms with Crippen molar-refractivity contribution >= 4 is 0 Å². The Bertz CT molecular complexity index is 471. The fourth-order valence-electron chi connectivity index (χ4n) is 2.01. The first-order valence-electron chi connectivity index (χ1n) is 5.88. The second-order valence-corrected chi connectivity index (χ2v) is 4.22. The molecule has 0 aromatic carbocycles. The molecule has 0 aliphatic heterocycles. The van der Waals surface area contributed by atoms with Crippen LogP contribution in [0.25, 0.3) is 0 Å². The van der Waals surface area contributed by atoms with Gasteiger partial charge in [0.2, 0.25) is 0 Å². The molecule has 0 aliphatic rings. The molecular weight excluding hydrogens is 214 g/mol. The summed E-state index contributed by atoms with van der Waals surface area (Å²) in [6, 6.07) is 2.32. The van der Waals surface area contributed by atoms with Crippen molar-refractivity contribution in [3.8, 4) is 0 Å². The standard InChI is InChI=1S/C12H19N5/c1-4-14-11(12-8-13-9-16(12)2)7-10-5-6-17(3)15-10/h5-6,8-9,11,14H,4,7H2,1-3H3. The van der Waals surface area contributed by atoms with E-state index < -0.39 is 0 Å². The molecule has 92 valence electrons. The fourth-order valence-corrected chi connectivity index (χ4v) is 2.01. The number of aryl methyl sites for hydroxylation is 2. The zero-order chi connectivity index (χ0) is 12.3. The van der Waals surface area contributed by atoms with Crippen LogP contribution in [0, 0.1) is 0 Å². The van der Waals surface area contributed by atoms with Crippen molar-refractivity contribution in [2.75, 3.05) is 6.54 Å². The minimum absolute atomic E-state index is 0.266. The topological polar surface area (TPSA) is 47.7 Å². The maximum absolute atomic E-state index is 4.42. The molecule has 2 aromatic rings. The Balaban J connectivity index is 2.15. The summed E-state index contributed by atoms with van der Waals surface area (Å²) < 4.78 is 3.89. The SMILES string of the molecule is CCNC(Cc1ccn(C)n1)c1cncn1C. The number of aromatic nitrogens is 4. The van der Waals surface area contributed by atoms with Crippen LogP contribution in [0.4, 0.5) is 0 Å². The number of imidazole rings is 1. The Morgan fingerprint density at radius 1 is 1.41 bits per heavy atom. The van der Waals surface area contributed by atoms with Crippen LogP contribution in [0.15, 0.2) is 24.8 Å². The van der Waals surface area contributed by atoms with E-state index in [-0.39, 0.29) is 6.04 Å². The molecule has 0 fully saturated rings. The van der Waals surface area contributed by atoms with Crippen molar-refractivity contribution in [3.05, 3.63) is 36.2 Å². The number of nitrogens with one attached hydrogen (secondary N) is 1. The molecule has 17 heavy (non-hydrogen) atoms. The molecule has 0 saturated heterocycles. The van der Waals surface area contributed by atoms with Crippen LogP contribution in [0.3, 0.4) is 0 Å². The predicted octanol–water partition coefficient (Wildman–Crippen LogP) is 1.05. The summed E-state index contributed by atoms with van der Waals surface area (Å²) >= 11 is 0. The first-order chi connectivity index (χ1) is 8.20. The van der Waals surface area contributed by atoms with Gasteiger partial charge >= 0.3 is 0 Å². The van der Waals surface area contributed by atoms with Crippen LogP contribution in [-0.4, -0.2) is 25.9 Å². The lowest BCUT2D eigenvalue weighted by molar-refractivity contribution is 0.512. The smallest absolute Gasteiger partial charge is 0.0946 e. The molecule has 5 nitrogen and oxygen atoms in total. The highest BCUT2D eigenvalue weighted by Gasteiger charge is 2.15. The largest absolute Gasteiger partial charge is 0.336 e. The molecule has 1 unspecified atom stereocenters. The van der Waals surface area contributed by atoms with Gasteiger partial charge in [0.1, 0.15) is 0 Å². The van der Waals surface area contributed by atoms with E-state index in [1.165, 1.54) is 5.69 Å². The summed E-state index contributed by atoms with van der Waals surface area (Å²) in [7, 11) is 3.96.